The zero-order valence-corrected chi connectivity index (χ0v) is 9.61. The van der Waals surface area contributed by atoms with Gasteiger partial charge in [0.25, 0.3) is 0 Å². The number of nitrogens with zero attached hydrogens (tertiary/aromatic N) is 2. The fourth-order valence-electron chi connectivity index (χ4n) is 2.09. The second kappa shape index (κ2) is 4.67. The fourth-order valence-corrected chi connectivity index (χ4v) is 2.09. The summed E-state index contributed by atoms with van der Waals surface area (Å²) in [6.45, 7) is 9.18. The monoisotopic (exact) mass is 203 g/mol. The van der Waals surface area contributed by atoms with Gasteiger partial charge >= 0.3 is 0 Å². The molecule has 0 amide bonds. The van der Waals surface area contributed by atoms with Gasteiger partial charge in [-0.1, -0.05) is 12.1 Å². The molecule has 15 heavy (non-hydrogen) atoms. The first-order chi connectivity index (χ1) is 7.27. The summed E-state index contributed by atoms with van der Waals surface area (Å²) < 4.78 is 0. The lowest BCUT2D eigenvalue weighted by Crippen LogP contribution is -2.48. The largest absolute Gasteiger partial charge is 0.369 e. The highest BCUT2D eigenvalue weighted by molar-refractivity contribution is 5.46. The van der Waals surface area contributed by atoms with Crippen LogP contribution in [0, 0.1) is 6.07 Å². The van der Waals surface area contributed by atoms with Crippen molar-refractivity contribution in [1.82, 2.24) is 4.90 Å². The highest BCUT2D eigenvalue weighted by Crippen LogP contribution is 2.16. The van der Waals surface area contributed by atoms with Gasteiger partial charge in [0.05, 0.1) is 0 Å². The maximum absolute atomic E-state index is 3.06. The third-order valence-electron chi connectivity index (χ3n) is 3.11. The maximum Gasteiger partial charge on any atom is 0.0367 e. The smallest absolute Gasteiger partial charge is 0.0367 e. The summed E-state index contributed by atoms with van der Waals surface area (Å²) in [5.74, 6) is 0. The number of rotatable bonds is 2. The molecule has 1 aliphatic rings. The van der Waals surface area contributed by atoms with Crippen LogP contribution in [0.4, 0.5) is 5.69 Å². The van der Waals surface area contributed by atoms with Crippen molar-refractivity contribution in [3.8, 4) is 0 Å². The second-order valence-electron chi connectivity index (χ2n) is 4.37. The number of hydrogen-bond acceptors (Lipinski definition) is 2. The predicted molar refractivity (Wildman–Crippen MR) is 64.2 cm³/mol. The minimum absolute atomic E-state index is 0.677. The maximum atomic E-state index is 3.06. The summed E-state index contributed by atoms with van der Waals surface area (Å²) in [5.41, 5.74) is 1.33. The zero-order valence-electron chi connectivity index (χ0n) is 9.61. The van der Waals surface area contributed by atoms with Crippen molar-refractivity contribution in [2.45, 2.75) is 19.9 Å². The van der Waals surface area contributed by atoms with Crippen LogP contribution in [0.1, 0.15) is 13.8 Å². The van der Waals surface area contributed by atoms with E-state index in [1.165, 1.54) is 18.8 Å². The molecule has 1 radical (unpaired) electrons. The molecule has 0 aliphatic carbocycles. The quantitative estimate of drug-likeness (QED) is 0.725. The molecular weight excluding hydrogens is 184 g/mol. The van der Waals surface area contributed by atoms with Gasteiger partial charge < -0.3 is 4.90 Å². The van der Waals surface area contributed by atoms with Crippen LogP contribution in [-0.2, 0) is 0 Å². The Morgan fingerprint density at radius 2 is 1.67 bits per heavy atom. The van der Waals surface area contributed by atoms with E-state index < -0.39 is 0 Å². The van der Waals surface area contributed by atoms with Crippen molar-refractivity contribution in [3.05, 3.63) is 30.3 Å². The number of anilines is 1. The van der Waals surface area contributed by atoms with Crippen LogP contribution in [0.25, 0.3) is 0 Å². The predicted octanol–water partition coefficient (Wildman–Crippen LogP) is 2.02. The molecule has 0 atom stereocenters. The van der Waals surface area contributed by atoms with Crippen LogP contribution in [0.5, 0.6) is 0 Å². The molecule has 0 saturated carbocycles. The second-order valence-corrected chi connectivity index (χ2v) is 4.37. The van der Waals surface area contributed by atoms with Gasteiger partial charge in [0.1, 0.15) is 0 Å². The minimum atomic E-state index is 0.677. The molecule has 0 N–H and O–H groups in total. The summed E-state index contributed by atoms with van der Waals surface area (Å²) in [6.07, 6.45) is 0. The van der Waals surface area contributed by atoms with Gasteiger partial charge in [-0.25, -0.2) is 0 Å². The van der Waals surface area contributed by atoms with Crippen LogP contribution in [0.2, 0.25) is 0 Å². The Morgan fingerprint density at radius 3 is 2.20 bits per heavy atom. The average Bonchev–Trinajstić information content (AvgIpc) is 2.30. The lowest BCUT2D eigenvalue weighted by Gasteiger charge is -2.38. The number of benzene rings is 1. The SMILES string of the molecule is CC(C)N1CCN(c2cc[c]cc2)CC1. The van der Waals surface area contributed by atoms with Crippen LogP contribution < -0.4 is 4.90 Å². The molecule has 0 bridgehead atoms. The molecule has 81 valence electrons. The van der Waals surface area contributed by atoms with E-state index in [0.717, 1.165) is 13.1 Å². The number of piperazine rings is 1. The minimum Gasteiger partial charge on any atom is -0.369 e. The molecule has 1 aromatic rings. The summed E-state index contributed by atoms with van der Waals surface area (Å²) in [5, 5.41) is 0. The Hall–Kier alpha value is -1.02. The van der Waals surface area contributed by atoms with Gasteiger partial charge in [0.2, 0.25) is 0 Å². The van der Waals surface area contributed by atoms with Gasteiger partial charge in [-0.05, 0) is 32.0 Å². The molecule has 2 heteroatoms. The van der Waals surface area contributed by atoms with Crippen molar-refractivity contribution < 1.29 is 0 Å². The van der Waals surface area contributed by atoms with E-state index >= 15 is 0 Å². The molecule has 1 saturated heterocycles. The third-order valence-corrected chi connectivity index (χ3v) is 3.11. The van der Waals surface area contributed by atoms with Gasteiger partial charge in [-0.15, -0.1) is 0 Å². The van der Waals surface area contributed by atoms with Crippen LogP contribution in [0.3, 0.4) is 0 Å². The lowest BCUT2D eigenvalue weighted by atomic mass is 10.2. The van der Waals surface area contributed by atoms with Crippen molar-refractivity contribution in [2.75, 3.05) is 31.1 Å². The van der Waals surface area contributed by atoms with Gasteiger partial charge in [-0.3, -0.25) is 4.90 Å². The lowest BCUT2D eigenvalue weighted by molar-refractivity contribution is 0.209. The molecule has 1 aromatic carbocycles. The standard InChI is InChI=1S/C13H19N2/c1-12(2)14-8-10-15(11-9-14)13-6-4-3-5-7-13/h4-7,12H,8-11H2,1-2H3. The van der Waals surface area contributed by atoms with Gasteiger partial charge in [0, 0.05) is 37.9 Å². The number of hydrogen-bond donors (Lipinski definition) is 0. The Morgan fingerprint density at radius 1 is 1.07 bits per heavy atom. The molecular formula is C13H19N2. The molecule has 0 unspecified atom stereocenters. The first-order valence-corrected chi connectivity index (χ1v) is 5.72. The van der Waals surface area contributed by atoms with Gasteiger partial charge in [-0.2, -0.15) is 0 Å². The summed E-state index contributed by atoms with van der Waals surface area (Å²) in [4.78, 5) is 4.98. The van der Waals surface area contributed by atoms with Crippen molar-refractivity contribution in [3.63, 3.8) is 0 Å². The molecule has 0 spiro atoms. The fraction of sp³-hybridized carbons (Fsp3) is 0.538. The average molecular weight is 203 g/mol. The van der Waals surface area contributed by atoms with E-state index in [1.807, 2.05) is 12.1 Å². The summed E-state index contributed by atoms with van der Waals surface area (Å²) >= 11 is 0. The van der Waals surface area contributed by atoms with Crippen LogP contribution in [0.15, 0.2) is 24.3 Å². The molecule has 0 aromatic heterocycles. The Kier molecular flexibility index (Phi) is 3.27. The zero-order chi connectivity index (χ0) is 10.7. The highest BCUT2D eigenvalue weighted by atomic mass is 15.3. The molecule has 2 nitrogen and oxygen atoms in total. The van der Waals surface area contributed by atoms with Crippen molar-refractivity contribution in [2.24, 2.45) is 0 Å². The van der Waals surface area contributed by atoms with E-state index in [1.54, 1.807) is 0 Å². The van der Waals surface area contributed by atoms with Crippen molar-refractivity contribution >= 4 is 5.69 Å². The van der Waals surface area contributed by atoms with E-state index in [9.17, 15) is 0 Å². The third kappa shape index (κ3) is 2.51. The Labute approximate surface area is 92.5 Å². The molecule has 1 heterocycles. The van der Waals surface area contributed by atoms with E-state index in [2.05, 4.69) is 41.8 Å². The van der Waals surface area contributed by atoms with Crippen molar-refractivity contribution in [1.29, 1.82) is 0 Å². The Bertz CT molecular complexity index is 287. The molecule has 2 rings (SSSR count). The summed E-state index contributed by atoms with van der Waals surface area (Å²) in [7, 11) is 0. The van der Waals surface area contributed by atoms with Crippen LogP contribution >= 0.6 is 0 Å². The topological polar surface area (TPSA) is 6.48 Å². The first kappa shape index (κ1) is 10.5. The first-order valence-electron chi connectivity index (χ1n) is 5.72. The Balaban J connectivity index is 1.94. The van der Waals surface area contributed by atoms with Crippen LogP contribution in [-0.4, -0.2) is 37.1 Å². The van der Waals surface area contributed by atoms with E-state index in [0.29, 0.717) is 6.04 Å². The summed E-state index contributed by atoms with van der Waals surface area (Å²) in [6, 6.07) is 12.0. The van der Waals surface area contributed by atoms with Gasteiger partial charge in [0.15, 0.2) is 0 Å². The molecule has 1 aliphatic heterocycles. The van der Waals surface area contributed by atoms with E-state index in [-0.39, 0.29) is 0 Å². The normalized spacial score (nSPS) is 18.5. The highest BCUT2D eigenvalue weighted by Gasteiger charge is 2.18. The van der Waals surface area contributed by atoms with E-state index in [4.69, 9.17) is 0 Å². The molecule has 1 fully saturated rings.